The Hall–Kier alpha value is -2.08. The fraction of sp³-hybridized carbons (Fsp3) is 0.100. The van der Waals surface area contributed by atoms with E-state index in [9.17, 15) is 9.59 Å². The first-order valence-corrected chi connectivity index (χ1v) is 7.05. The van der Waals surface area contributed by atoms with Crippen LogP contribution in [0, 0.1) is 0 Å². The van der Waals surface area contributed by atoms with Crippen molar-refractivity contribution in [3.05, 3.63) is 83.9 Å². The largest absolute Gasteiger partial charge is 0.295 e. The Morgan fingerprint density at radius 3 is 1.22 bits per heavy atom. The Labute approximate surface area is 151 Å². The summed E-state index contributed by atoms with van der Waals surface area (Å²) in [5.41, 5.74) is 2.12. The summed E-state index contributed by atoms with van der Waals surface area (Å²) in [5.74, 6) is 0.155. The maximum Gasteiger partial charge on any atom is 0.152 e. The molecule has 0 radical (unpaired) electrons. The van der Waals surface area contributed by atoms with Crippen LogP contribution in [0.3, 0.4) is 0 Å². The van der Waals surface area contributed by atoms with Gasteiger partial charge in [-0.2, -0.15) is 0 Å². The van der Waals surface area contributed by atoms with Gasteiger partial charge in [-0.15, -0.1) is 0 Å². The third-order valence-corrected chi connectivity index (χ3v) is 2.62. The van der Waals surface area contributed by atoms with Crippen LogP contribution in [-0.2, 0) is 30.0 Å². The van der Waals surface area contributed by atoms with Gasteiger partial charge in [0.05, 0.1) is 0 Å². The molecule has 0 saturated carbocycles. The van der Waals surface area contributed by atoms with Gasteiger partial charge in [0.25, 0.3) is 0 Å². The second kappa shape index (κ2) is 12.5. The summed E-state index contributed by atoms with van der Waals surface area (Å²) in [4.78, 5) is 21.1. The molecule has 2 nitrogen and oxygen atoms in total. The number of carbonyl (C=O) groups excluding carboxylic acids is 2. The topological polar surface area (TPSA) is 34.1 Å². The maximum absolute atomic E-state index is 10.5. The predicted octanol–water partition coefficient (Wildman–Crippen LogP) is 4.58. The summed E-state index contributed by atoms with van der Waals surface area (Å²) in [6, 6.07) is 19.5. The molecule has 0 saturated heterocycles. The molecule has 0 heterocycles. The molecule has 2 rings (SSSR count). The van der Waals surface area contributed by atoms with Crippen LogP contribution < -0.4 is 0 Å². The molecular weight excluding hydrogens is 379 g/mol. The van der Waals surface area contributed by atoms with E-state index < -0.39 is 0 Å². The van der Waals surface area contributed by atoms with Gasteiger partial charge in [-0.25, -0.2) is 0 Å². The third-order valence-electron chi connectivity index (χ3n) is 2.62. The van der Waals surface area contributed by atoms with Crippen molar-refractivity contribution in [1.82, 2.24) is 0 Å². The van der Waals surface area contributed by atoms with E-state index in [0.29, 0.717) is 0 Å². The van der Waals surface area contributed by atoms with E-state index in [4.69, 9.17) is 0 Å². The zero-order chi connectivity index (χ0) is 16.2. The molecule has 23 heavy (non-hydrogen) atoms. The van der Waals surface area contributed by atoms with Crippen LogP contribution in [-0.4, -0.2) is 11.6 Å². The zero-order valence-electron chi connectivity index (χ0n) is 13.2. The molecule has 0 N–H and O–H groups in total. The molecular formula is C20H20O2Pd. The van der Waals surface area contributed by atoms with Crippen LogP contribution in [0.25, 0.3) is 12.2 Å². The molecule has 0 bridgehead atoms. The smallest absolute Gasteiger partial charge is 0.152 e. The Morgan fingerprint density at radius 2 is 0.957 bits per heavy atom. The number of rotatable bonds is 4. The van der Waals surface area contributed by atoms with E-state index in [0.717, 1.165) is 11.1 Å². The minimum atomic E-state index is 0. The van der Waals surface area contributed by atoms with Gasteiger partial charge < -0.3 is 0 Å². The minimum Gasteiger partial charge on any atom is -0.295 e. The van der Waals surface area contributed by atoms with Gasteiger partial charge >= 0.3 is 0 Å². The minimum absolute atomic E-state index is 0. The first kappa shape index (κ1) is 20.9. The number of allylic oxidation sites excluding steroid dienone is 2. The van der Waals surface area contributed by atoms with Crippen molar-refractivity contribution in [2.45, 2.75) is 13.8 Å². The monoisotopic (exact) mass is 398 g/mol. The van der Waals surface area contributed by atoms with Crippen LogP contribution in [0.1, 0.15) is 25.0 Å². The number of carbonyl (C=O) groups is 2. The molecule has 3 heteroatoms. The van der Waals surface area contributed by atoms with E-state index in [2.05, 4.69) is 0 Å². The van der Waals surface area contributed by atoms with Crippen LogP contribution in [0.4, 0.5) is 0 Å². The van der Waals surface area contributed by atoms with Gasteiger partial charge in [0.15, 0.2) is 11.6 Å². The van der Waals surface area contributed by atoms with Crippen molar-refractivity contribution in [2.75, 3.05) is 0 Å². The summed E-state index contributed by atoms with van der Waals surface area (Å²) in [5, 5.41) is 0. The zero-order valence-corrected chi connectivity index (χ0v) is 14.8. The Bertz CT molecular complexity index is 584. The second-order valence-corrected chi connectivity index (χ2v) is 4.71. The van der Waals surface area contributed by atoms with Crippen LogP contribution in [0.15, 0.2) is 72.8 Å². The average molecular weight is 399 g/mol. The summed E-state index contributed by atoms with van der Waals surface area (Å²) >= 11 is 0. The SMILES string of the molecule is CC(=O)/C=C/c1ccccc1.CC(=O)/C=C/c1ccccc1.[Pd]. The Balaban J connectivity index is 0.000000403. The molecule has 0 unspecified atom stereocenters. The molecule has 2 aromatic rings. The van der Waals surface area contributed by atoms with Crippen molar-refractivity contribution < 1.29 is 30.0 Å². The molecule has 2 aromatic carbocycles. The van der Waals surface area contributed by atoms with Gasteiger partial charge in [0, 0.05) is 20.4 Å². The van der Waals surface area contributed by atoms with Gasteiger partial charge in [-0.1, -0.05) is 72.8 Å². The average Bonchev–Trinajstić information content (AvgIpc) is 2.53. The number of hydrogen-bond donors (Lipinski definition) is 0. The van der Waals surface area contributed by atoms with Gasteiger partial charge in [0.1, 0.15) is 0 Å². The molecule has 0 aliphatic rings. The first-order chi connectivity index (χ1) is 10.6. The summed E-state index contributed by atoms with van der Waals surface area (Å²) in [6.45, 7) is 3.08. The number of hydrogen-bond acceptors (Lipinski definition) is 2. The van der Waals surface area contributed by atoms with Gasteiger partial charge in [-0.3, -0.25) is 9.59 Å². The molecule has 0 aliphatic carbocycles. The second-order valence-electron chi connectivity index (χ2n) is 4.71. The van der Waals surface area contributed by atoms with E-state index in [1.807, 2.05) is 72.8 Å². The van der Waals surface area contributed by atoms with E-state index >= 15 is 0 Å². The Kier molecular flexibility index (Phi) is 11.3. The molecule has 0 atom stereocenters. The van der Waals surface area contributed by atoms with Crippen LogP contribution >= 0.6 is 0 Å². The van der Waals surface area contributed by atoms with E-state index in [1.165, 1.54) is 0 Å². The van der Waals surface area contributed by atoms with Crippen molar-refractivity contribution >= 4 is 23.7 Å². The quantitative estimate of drug-likeness (QED) is 0.558. The summed E-state index contributed by atoms with van der Waals surface area (Å²) in [7, 11) is 0. The molecule has 0 spiro atoms. The fourth-order valence-corrected chi connectivity index (χ4v) is 1.56. The predicted molar refractivity (Wildman–Crippen MR) is 92.3 cm³/mol. The maximum atomic E-state index is 10.5. The number of benzene rings is 2. The molecule has 0 aromatic heterocycles. The normalized spacial score (nSPS) is 9.83. The van der Waals surface area contributed by atoms with E-state index in [-0.39, 0.29) is 32.0 Å². The fourth-order valence-electron chi connectivity index (χ4n) is 1.56. The Morgan fingerprint density at radius 1 is 0.652 bits per heavy atom. The van der Waals surface area contributed by atoms with Crippen molar-refractivity contribution in [3.63, 3.8) is 0 Å². The van der Waals surface area contributed by atoms with Crippen molar-refractivity contribution in [2.24, 2.45) is 0 Å². The van der Waals surface area contributed by atoms with E-state index in [1.54, 1.807) is 26.0 Å². The molecule has 0 aliphatic heterocycles. The van der Waals surface area contributed by atoms with Gasteiger partial charge in [0.2, 0.25) is 0 Å². The molecule has 0 amide bonds. The molecule has 0 fully saturated rings. The van der Waals surface area contributed by atoms with Crippen LogP contribution in [0.5, 0.6) is 0 Å². The number of ketones is 2. The van der Waals surface area contributed by atoms with Crippen molar-refractivity contribution in [1.29, 1.82) is 0 Å². The van der Waals surface area contributed by atoms with Gasteiger partial charge in [-0.05, 0) is 37.1 Å². The van der Waals surface area contributed by atoms with Crippen molar-refractivity contribution in [3.8, 4) is 0 Å². The summed E-state index contributed by atoms with van der Waals surface area (Å²) < 4.78 is 0. The summed E-state index contributed by atoms with van der Waals surface area (Å²) in [6.07, 6.45) is 6.75. The third kappa shape index (κ3) is 11.2. The standard InChI is InChI=1S/2C10H10O.Pd/c2*1-9(11)7-8-10-5-3-2-4-6-10;/h2*2-8H,1H3;/b2*8-7+;. The molecule has 122 valence electrons. The van der Waals surface area contributed by atoms with Crippen LogP contribution in [0.2, 0.25) is 0 Å². The first-order valence-electron chi connectivity index (χ1n) is 7.05.